The predicted octanol–water partition coefficient (Wildman–Crippen LogP) is -6.73. The van der Waals surface area contributed by atoms with Gasteiger partial charge in [-0.15, -0.1) is 0 Å². The molecule has 0 amide bonds. The Labute approximate surface area is 119 Å². The van der Waals surface area contributed by atoms with E-state index < -0.39 is 45.1 Å². The van der Waals surface area contributed by atoms with Crippen molar-refractivity contribution in [2.45, 2.75) is 30.7 Å². The van der Waals surface area contributed by atoms with E-state index in [0.717, 1.165) is 0 Å². The van der Waals surface area contributed by atoms with Gasteiger partial charge < -0.3 is 39.5 Å². The fourth-order valence-corrected chi connectivity index (χ4v) is 1.57. The molecular formula is C6H12NaO9P. The van der Waals surface area contributed by atoms with Gasteiger partial charge in [0.25, 0.3) is 7.82 Å². The second kappa shape index (κ2) is 6.90. The van der Waals surface area contributed by atoms with Crippen LogP contribution < -0.4 is 34.5 Å². The van der Waals surface area contributed by atoms with Crippen LogP contribution in [0.25, 0.3) is 0 Å². The Morgan fingerprint density at radius 3 is 2.18 bits per heavy atom. The zero-order valence-corrected chi connectivity index (χ0v) is 11.8. The molecule has 96 valence electrons. The molecule has 11 heteroatoms. The van der Waals surface area contributed by atoms with Crippen LogP contribution in [0.4, 0.5) is 0 Å². The van der Waals surface area contributed by atoms with Gasteiger partial charge in [0.1, 0.15) is 24.4 Å². The monoisotopic (exact) mass is 282 g/mol. The van der Waals surface area contributed by atoms with Crippen LogP contribution >= 0.6 is 7.82 Å². The average molecular weight is 282 g/mol. The first-order valence-corrected chi connectivity index (χ1v) is 5.78. The molecule has 0 aromatic carbocycles. The summed E-state index contributed by atoms with van der Waals surface area (Å²) < 4.78 is 18.8. The molecule has 1 fully saturated rings. The van der Waals surface area contributed by atoms with Crippen molar-refractivity contribution < 1.29 is 73.6 Å². The fourth-order valence-electron chi connectivity index (χ4n) is 1.24. The zero-order chi connectivity index (χ0) is 12.5. The fraction of sp³-hybridized carbons (Fsp3) is 1.00. The van der Waals surface area contributed by atoms with Gasteiger partial charge >= 0.3 is 29.6 Å². The molecule has 1 heterocycles. The van der Waals surface area contributed by atoms with Gasteiger partial charge in [-0.05, 0) is 0 Å². The predicted molar refractivity (Wildman–Crippen MR) is 44.7 cm³/mol. The Bertz CT molecular complexity index is 283. The average Bonchev–Trinajstić information content (AvgIpc) is 2.17. The minimum absolute atomic E-state index is 0. The Morgan fingerprint density at radius 1 is 1.18 bits per heavy atom. The molecule has 1 rings (SSSR count). The van der Waals surface area contributed by atoms with Crippen molar-refractivity contribution in [1.29, 1.82) is 0 Å². The smallest absolute Gasteiger partial charge is 0.756 e. The summed E-state index contributed by atoms with van der Waals surface area (Å²) in [7, 11) is -4.98. The van der Waals surface area contributed by atoms with Crippen molar-refractivity contribution in [2.24, 2.45) is 0 Å². The largest absolute Gasteiger partial charge is 1.00 e. The molecule has 0 radical (unpaired) electrons. The topological polar surface area (TPSA) is 160 Å². The number of aliphatic hydroxyl groups excluding tert-OH is 4. The SMILES string of the molecule is O=P([O-])(O)OCC1OC(O)C(O)[C@H](O)[C@@H]1O.[Na+]. The number of hydrogen-bond acceptors (Lipinski definition) is 8. The molecule has 0 spiro atoms. The van der Waals surface area contributed by atoms with Gasteiger partial charge in [0.15, 0.2) is 6.29 Å². The van der Waals surface area contributed by atoms with E-state index in [1.807, 2.05) is 0 Å². The van der Waals surface area contributed by atoms with Crippen LogP contribution in [0.15, 0.2) is 0 Å². The summed E-state index contributed by atoms with van der Waals surface area (Å²) >= 11 is 0. The second-order valence-electron chi connectivity index (χ2n) is 3.30. The number of ether oxygens (including phenoxy) is 1. The van der Waals surface area contributed by atoms with Gasteiger partial charge in [-0.3, -0.25) is 4.57 Å². The minimum atomic E-state index is -4.98. The third-order valence-corrected chi connectivity index (χ3v) is 2.56. The molecule has 9 nitrogen and oxygen atoms in total. The maximum atomic E-state index is 10.3. The minimum Gasteiger partial charge on any atom is -0.756 e. The first-order chi connectivity index (χ1) is 7.22. The van der Waals surface area contributed by atoms with Crippen LogP contribution in [0.2, 0.25) is 0 Å². The second-order valence-corrected chi connectivity index (χ2v) is 4.50. The summed E-state index contributed by atoms with van der Waals surface area (Å²) in [5, 5.41) is 36.7. The summed E-state index contributed by atoms with van der Waals surface area (Å²) in [5.41, 5.74) is 0. The molecule has 1 aliphatic heterocycles. The number of rotatable bonds is 3. The van der Waals surface area contributed by atoms with Gasteiger partial charge in [0, 0.05) is 0 Å². The summed E-state index contributed by atoms with van der Waals surface area (Å²) in [4.78, 5) is 18.5. The van der Waals surface area contributed by atoms with Gasteiger partial charge in [-0.1, -0.05) is 0 Å². The van der Waals surface area contributed by atoms with E-state index in [9.17, 15) is 19.7 Å². The molecule has 0 aliphatic carbocycles. The number of hydrogen-bond donors (Lipinski definition) is 5. The van der Waals surface area contributed by atoms with E-state index in [-0.39, 0.29) is 29.6 Å². The standard InChI is InChI=1S/C6H13O9P.Na/c7-3-2(1-14-16(11,12)13)15-6(10)5(9)4(3)8;/h2-10H,1H2,(H2,11,12,13);/q;+1/p-1/t2?,3-,4-,5?,6?;/m1./s1. The van der Waals surface area contributed by atoms with E-state index in [4.69, 9.17) is 15.1 Å². The van der Waals surface area contributed by atoms with Crippen molar-refractivity contribution in [3.8, 4) is 0 Å². The summed E-state index contributed by atoms with van der Waals surface area (Å²) in [6.45, 7) is -0.792. The van der Waals surface area contributed by atoms with Crippen molar-refractivity contribution in [1.82, 2.24) is 0 Å². The van der Waals surface area contributed by atoms with Crippen LogP contribution in [-0.4, -0.2) is 62.6 Å². The maximum absolute atomic E-state index is 10.3. The van der Waals surface area contributed by atoms with E-state index >= 15 is 0 Å². The Morgan fingerprint density at radius 2 is 1.71 bits per heavy atom. The van der Waals surface area contributed by atoms with Crippen molar-refractivity contribution in [3.05, 3.63) is 0 Å². The Kier molecular flexibility index (Phi) is 7.27. The first-order valence-electron chi connectivity index (χ1n) is 4.28. The van der Waals surface area contributed by atoms with Gasteiger partial charge in [-0.2, -0.15) is 0 Å². The van der Waals surface area contributed by atoms with Crippen molar-refractivity contribution >= 4 is 7.82 Å². The number of phosphoric acid groups is 1. The first kappa shape index (κ1) is 17.9. The van der Waals surface area contributed by atoms with E-state index in [2.05, 4.69) is 9.26 Å². The number of aliphatic hydroxyl groups is 4. The maximum Gasteiger partial charge on any atom is 1.00 e. The quantitative estimate of drug-likeness (QED) is 0.250. The van der Waals surface area contributed by atoms with E-state index in [1.165, 1.54) is 0 Å². The molecule has 0 saturated carbocycles. The van der Waals surface area contributed by atoms with Crippen molar-refractivity contribution in [3.63, 3.8) is 0 Å². The molecular weight excluding hydrogens is 270 g/mol. The van der Waals surface area contributed by atoms with Crippen LogP contribution in [0.5, 0.6) is 0 Å². The third kappa shape index (κ3) is 5.19. The van der Waals surface area contributed by atoms with Crippen molar-refractivity contribution in [2.75, 3.05) is 6.61 Å². The summed E-state index contributed by atoms with van der Waals surface area (Å²) in [5.74, 6) is 0. The molecule has 0 aromatic rings. The zero-order valence-electron chi connectivity index (χ0n) is 8.91. The molecule has 0 aromatic heterocycles. The normalized spacial score (nSPS) is 41.4. The van der Waals surface area contributed by atoms with Gasteiger partial charge in [-0.25, -0.2) is 0 Å². The number of phosphoric ester groups is 1. The Hall–Kier alpha value is 0.910. The van der Waals surface area contributed by atoms with Crippen LogP contribution in [-0.2, 0) is 13.8 Å². The Balaban J connectivity index is 0.00000256. The summed E-state index contributed by atoms with van der Waals surface area (Å²) in [6, 6.07) is 0. The summed E-state index contributed by atoms with van der Waals surface area (Å²) in [6.07, 6.45) is -8.23. The third-order valence-electron chi connectivity index (χ3n) is 2.09. The van der Waals surface area contributed by atoms with Gasteiger partial charge in [0.05, 0.1) is 6.61 Å². The molecule has 0 bridgehead atoms. The van der Waals surface area contributed by atoms with E-state index in [0.29, 0.717) is 0 Å². The molecule has 17 heavy (non-hydrogen) atoms. The van der Waals surface area contributed by atoms with Gasteiger partial charge in [0.2, 0.25) is 0 Å². The van der Waals surface area contributed by atoms with E-state index in [1.54, 1.807) is 0 Å². The molecule has 1 aliphatic rings. The van der Waals surface area contributed by atoms with Crippen LogP contribution in [0.1, 0.15) is 0 Å². The molecule has 6 atom stereocenters. The molecule has 1 saturated heterocycles. The molecule has 4 unspecified atom stereocenters. The van der Waals surface area contributed by atoms with Crippen LogP contribution in [0.3, 0.4) is 0 Å². The van der Waals surface area contributed by atoms with Crippen LogP contribution in [0, 0.1) is 0 Å². The molecule has 5 N–H and O–H groups in total.